The van der Waals surface area contributed by atoms with Gasteiger partial charge in [0.25, 0.3) is 0 Å². The highest BCUT2D eigenvalue weighted by Crippen LogP contribution is 2.21. The highest BCUT2D eigenvalue weighted by molar-refractivity contribution is 5.47. The number of benzene rings is 2. The van der Waals surface area contributed by atoms with Crippen molar-refractivity contribution in [3.63, 3.8) is 0 Å². The normalized spacial score (nSPS) is 10.2. The zero-order valence-corrected chi connectivity index (χ0v) is 9.60. The zero-order valence-electron chi connectivity index (χ0n) is 9.60. The second-order valence-electron chi connectivity index (χ2n) is 3.85. The highest BCUT2D eigenvalue weighted by Gasteiger charge is 2.03. The van der Waals surface area contributed by atoms with Crippen LogP contribution < -0.4 is 16.2 Å². The van der Waals surface area contributed by atoms with Crippen molar-refractivity contribution in [2.24, 2.45) is 5.73 Å². The van der Waals surface area contributed by atoms with Crippen LogP contribution in [0.4, 0.5) is 5.69 Å². The van der Waals surface area contributed by atoms with Crippen molar-refractivity contribution in [3.05, 3.63) is 59.7 Å². The third kappa shape index (κ3) is 2.98. The quantitative estimate of drug-likeness (QED) is 0.789. The van der Waals surface area contributed by atoms with E-state index >= 15 is 0 Å². The summed E-state index contributed by atoms with van der Waals surface area (Å²) in [5.74, 6) is 0.797. The summed E-state index contributed by atoms with van der Waals surface area (Å²) in [6.45, 7) is 0.965. The highest BCUT2D eigenvalue weighted by atomic mass is 16.5. The number of nitrogen functional groups attached to an aromatic ring is 1. The first-order chi connectivity index (χ1) is 8.29. The van der Waals surface area contributed by atoms with Gasteiger partial charge in [-0.2, -0.15) is 0 Å². The lowest BCUT2D eigenvalue weighted by Crippen LogP contribution is -2.03. The molecule has 0 saturated heterocycles. The molecule has 0 amide bonds. The fourth-order valence-corrected chi connectivity index (χ4v) is 1.64. The lowest BCUT2D eigenvalue weighted by atomic mass is 10.2. The predicted molar refractivity (Wildman–Crippen MR) is 69.5 cm³/mol. The molecular weight excluding hydrogens is 212 g/mol. The Morgan fingerprint density at radius 3 is 2.47 bits per heavy atom. The standard InChI is InChI=1S/C14H16N2O/c15-9-12-8-13(16)6-7-14(12)17-10-11-4-2-1-3-5-11/h1-8H,9-10,15-16H2. The summed E-state index contributed by atoms with van der Waals surface area (Å²) in [4.78, 5) is 0. The van der Waals surface area contributed by atoms with Crippen LogP contribution in [0.5, 0.6) is 5.75 Å². The number of nitrogens with two attached hydrogens (primary N) is 2. The summed E-state index contributed by atoms with van der Waals surface area (Å²) in [5.41, 5.74) is 14.1. The van der Waals surface area contributed by atoms with E-state index < -0.39 is 0 Å². The average molecular weight is 228 g/mol. The fourth-order valence-electron chi connectivity index (χ4n) is 1.64. The maximum absolute atomic E-state index is 5.73. The zero-order chi connectivity index (χ0) is 12.1. The first-order valence-corrected chi connectivity index (χ1v) is 5.55. The molecule has 0 unspecified atom stereocenters. The van der Waals surface area contributed by atoms with E-state index in [4.69, 9.17) is 16.2 Å². The molecule has 0 spiro atoms. The smallest absolute Gasteiger partial charge is 0.124 e. The Balaban J connectivity index is 2.09. The fraction of sp³-hybridized carbons (Fsp3) is 0.143. The third-order valence-electron chi connectivity index (χ3n) is 2.54. The minimum Gasteiger partial charge on any atom is -0.489 e. The van der Waals surface area contributed by atoms with Crippen LogP contribution in [0.1, 0.15) is 11.1 Å². The monoisotopic (exact) mass is 228 g/mol. The Morgan fingerprint density at radius 1 is 1.00 bits per heavy atom. The van der Waals surface area contributed by atoms with E-state index in [9.17, 15) is 0 Å². The van der Waals surface area contributed by atoms with Crippen LogP contribution >= 0.6 is 0 Å². The lowest BCUT2D eigenvalue weighted by Gasteiger charge is -2.11. The van der Waals surface area contributed by atoms with Crippen molar-refractivity contribution in [1.29, 1.82) is 0 Å². The van der Waals surface area contributed by atoms with Crippen LogP contribution in [-0.2, 0) is 13.2 Å². The Labute approximate surface area is 101 Å². The molecule has 17 heavy (non-hydrogen) atoms. The second kappa shape index (κ2) is 5.37. The van der Waals surface area contributed by atoms with E-state index in [1.807, 2.05) is 48.5 Å². The molecule has 4 N–H and O–H groups in total. The van der Waals surface area contributed by atoms with Crippen LogP contribution in [0.15, 0.2) is 48.5 Å². The van der Waals surface area contributed by atoms with Crippen LogP contribution in [0, 0.1) is 0 Å². The van der Waals surface area contributed by atoms with Crippen LogP contribution in [0.2, 0.25) is 0 Å². The van der Waals surface area contributed by atoms with Gasteiger partial charge >= 0.3 is 0 Å². The van der Waals surface area contributed by atoms with Crippen molar-refractivity contribution in [3.8, 4) is 5.75 Å². The van der Waals surface area contributed by atoms with Gasteiger partial charge in [0.1, 0.15) is 12.4 Å². The van der Waals surface area contributed by atoms with E-state index in [0.717, 1.165) is 16.9 Å². The minimum atomic E-state index is 0.426. The molecule has 0 aliphatic rings. The summed E-state index contributed by atoms with van der Waals surface area (Å²) in [6.07, 6.45) is 0. The number of rotatable bonds is 4. The number of hydrogen-bond donors (Lipinski definition) is 2. The molecule has 2 aromatic carbocycles. The first-order valence-electron chi connectivity index (χ1n) is 5.55. The first kappa shape index (κ1) is 11.5. The van der Waals surface area contributed by atoms with E-state index in [-0.39, 0.29) is 0 Å². The van der Waals surface area contributed by atoms with Gasteiger partial charge in [0.15, 0.2) is 0 Å². The molecule has 3 nitrogen and oxygen atoms in total. The molecule has 0 fully saturated rings. The molecule has 88 valence electrons. The average Bonchev–Trinajstić information content (AvgIpc) is 2.38. The van der Waals surface area contributed by atoms with Gasteiger partial charge in [0, 0.05) is 17.8 Å². The molecule has 0 heterocycles. The molecule has 0 aliphatic carbocycles. The lowest BCUT2D eigenvalue weighted by molar-refractivity contribution is 0.303. The Bertz CT molecular complexity index is 483. The summed E-state index contributed by atoms with van der Waals surface area (Å²) in [7, 11) is 0. The van der Waals surface area contributed by atoms with Crippen molar-refractivity contribution in [2.45, 2.75) is 13.2 Å². The van der Waals surface area contributed by atoms with Gasteiger partial charge in [-0.3, -0.25) is 0 Å². The molecule has 0 aromatic heterocycles. The molecule has 2 aromatic rings. The summed E-state index contributed by atoms with van der Waals surface area (Å²) >= 11 is 0. The summed E-state index contributed by atoms with van der Waals surface area (Å²) in [5, 5.41) is 0. The molecule has 0 saturated carbocycles. The Morgan fingerprint density at radius 2 is 1.76 bits per heavy atom. The maximum Gasteiger partial charge on any atom is 0.124 e. The van der Waals surface area contributed by atoms with Crippen molar-refractivity contribution in [2.75, 3.05) is 5.73 Å². The topological polar surface area (TPSA) is 61.3 Å². The van der Waals surface area contributed by atoms with Gasteiger partial charge < -0.3 is 16.2 Å². The molecule has 0 bridgehead atoms. The van der Waals surface area contributed by atoms with E-state index in [2.05, 4.69) is 0 Å². The number of hydrogen-bond acceptors (Lipinski definition) is 3. The largest absolute Gasteiger partial charge is 0.489 e. The molecule has 0 radical (unpaired) electrons. The van der Waals surface area contributed by atoms with Crippen LogP contribution in [-0.4, -0.2) is 0 Å². The predicted octanol–water partition coefficient (Wildman–Crippen LogP) is 2.31. The molecule has 2 rings (SSSR count). The van der Waals surface area contributed by atoms with Gasteiger partial charge in [0.2, 0.25) is 0 Å². The van der Waals surface area contributed by atoms with Crippen LogP contribution in [0.25, 0.3) is 0 Å². The second-order valence-corrected chi connectivity index (χ2v) is 3.85. The van der Waals surface area contributed by atoms with Gasteiger partial charge in [-0.25, -0.2) is 0 Å². The van der Waals surface area contributed by atoms with Crippen molar-refractivity contribution < 1.29 is 4.74 Å². The number of ether oxygens (including phenoxy) is 1. The number of anilines is 1. The SMILES string of the molecule is NCc1cc(N)ccc1OCc1ccccc1. The maximum atomic E-state index is 5.73. The molecule has 0 atom stereocenters. The minimum absolute atomic E-state index is 0.426. The van der Waals surface area contributed by atoms with Gasteiger partial charge in [0.05, 0.1) is 0 Å². The van der Waals surface area contributed by atoms with Gasteiger partial charge in [-0.1, -0.05) is 30.3 Å². The van der Waals surface area contributed by atoms with Crippen LogP contribution in [0.3, 0.4) is 0 Å². The van der Waals surface area contributed by atoms with Crippen molar-refractivity contribution >= 4 is 5.69 Å². The third-order valence-corrected chi connectivity index (χ3v) is 2.54. The van der Waals surface area contributed by atoms with Gasteiger partial charge in [-0.05, 0) is 23.8 Å². The van der Waals surface area contributed by atoms with E-state index in [1.165, 1.54) is 0 Å². The van der Waals surface area contributed by atoms with Crippen molar-refractivity contribution in [1.82, 2.24) is 0 Å². The molecule has 0 aliphatic heterocycles. The van der Waals surface area contributed by atoms with E-state index in [1.54, 1.807) is 0 Å². The molecule has 3 heteroatoms. The summed E-state index contributed by atoms with van der Waals surface area (Å²) in [6, 6.07) is 15.5. The van der Waals surface area contributed by atoms with Gasteiger partial charge in [-0.15, -0.1) is 0 Å². The Kier molecular flexibility index (Phi) is 3.62. The Hall–Kier alpha value is -2.00. The summed E-state index contributed by atoms with van der Waals surface area (Å²) < 4.78 is 5.73. The van der Waals surface area contributed by atoms with E-state index in [0.29, 0.717) is 18.8 Å². The molecular formula is C14H16N2O.